The average Bonchev–Trinajstić information content (AvgIpc) is 2.18. The summed E-state index contributed by atoms with van der Waals surface area (Å²) in [4.78, 5) is 11.7. The van der Waals surface area contributed by atoms with E-state index in [1.807, 2.05) is 0 Å². The van der Waals surface area contributed by atoms with Gasteiger partial charge in [0.1, 0.15) is 0 Å². The number of hydrogen-bond acceptors (Lipinski definition) is 1. The van der Waals surface area contributed by atoms with Gasteiger partial charge >= 0.3 is 0 Å². The second kappa shape index (κ2) is 2.74. The molecule has 3 fully saturated rings. The molecule has 1 aliphatic heterocycles. The van der Waals surface area contributed by atoms with E-state index in [0.717, 1.165) is 18.8 Å². The predicted octanol–water partition coefficient (Wildman–Crippen LogP) is 2.09. The maximum absolute atomic E-state index is 11.7. The van der Waals surface area contributed by atoms with E-state index in [1.54, 1.807) is 0 Å². The third kappa shape index (κ3) is 0.999. The van der Waals surface area contributed by atoms with Crippen LogP contribution in [0.5, 0.6) is 0 Å². The van der Waals surface area contributed by atoms with Gasteiger partial charge in [0.05, 0.1) is 0 Å². The highest BCUT2D eigenvalue weighted by Crippen LogP contribution is 2.53. The zero-order chi connectivity index (χ0) is 9.76. The van der Waals surface area contributed by atoms with Crippen molar-refractivity contribution in [3.63, 3.8) is 0 Å². The van der Waals surface area contributed by atoms with E-state index in [9.17, 15) is 4.79 Å². The molecule has 3 aliphatic rings. The number of carbonyl (C=O) groups excluding carboxylic acids is 1. The standard InChI is InChI=1S/C12H19NO/c1-12-7-8-5-6-9(12)3-2-4-10(12)13-11(8)14/h8-10H,2-7H2,1H3,(H,13,14)/t8-,9+,10+,12-/m0/s1. The van der Waals surface area contributed by atoms with Gasteiger partial charge in [0.25, 0.3) is 0 Å². The molecule has 1 saturated heterocycles. The van der Waals surface area contributed by atoms with Crippen molar-refractivity contribution in [2.75, 3.05) is 0 Å². The average molecular weight is 193 g/mol. The Morgan fingerprint density at radius 3 is 3.00 bits per heavy atom. The van der Waals surface area contributed by atoms with Crippen LogP contribution >= 0.6 is 0 Å². The Morgan fingerprint density at radius 1 is 1.29 bits per heavy atom. The molecule has 14 heavy (non-hydrogen) atoms. The number of amides is 1. The van der Waals surface area contributed by atoms with Gasteiger partial charge in [-0.05, 0) is 43.4 Å². The summed E-state index contributed by atoms with van der Waals surface area (Å²) in [6.45, 7) is 2.41. The van der Waals surface area contributed by atoms with Gasteiger partial charge in [-0.3, -0.25) is 4.79 Å². The van der Waals surface area contributed by atoms with Gasteiger partial charge in [-0.15, -0.1) is 0 Å². The fourth-order valence-corrected chi connectivity index (χ4v) is 4.08. The normalized spacial score (nSPS) is 51.2. The summed E-state index contributed by atoms with van der Waals surface area (Å²) in [5.74, 6) is 1.57. The largest absolute Gasteiger partial charge is 0.353 e. The molecule has 2 nitrogen and oxygen atoms in total. The fourth-order valence-electron chi connectivity index (χ4n) is 4.08. The van der Waals surface area contributed by atoms with Crippen LogP contribution in [0.1, 0.15) is 45.4 Å². The summed E-state index contributed by atoms with van der Waals surface area (Å²) in [7, 11) is 0. The number of nitrogens with one attached hydrogen (secondary N) is 1. The smallest absolute Gasteiger partial charge is 0.223 e. The molecule has 0 aromatic carbocycles. The minimum Gasteiger partial charge on any atom is -0.353 e. The molecule has 3 rings (SSSR count). The third-order valence-corrected chi connectivity index (χ3v) is 5.01. The van der Waals surface area contributed by atoms with E-state index in [-0.39, 0.29) is 0 Å². The Balaban J connectivity index is 1.95. The lowest BCUT2D eigenvalue weighted by Crippen LogP contribution is -2.61. The highest BCUT2D eigenvalue weighted by molar-refractivity contribution is 5.80. The number of piperidine rings is 1. The molecule has 2 bridgehead atoms. The van der Waals surface area contributed by atoms with Crippen LogP contribution in [0.25, 0.3) is 0 Å². The van der Waals surface area contributed by atoms with Crippen molar-refractivity contribution in [2.45, 2.75) is 51.5 Å². The minimum absolute atomic E-state index is 0.339. The maximum Gasteiger partial charge on any atom is 0.223 e. The van der Waals surface area contributed by atoms with Crippen LogP contribution in [0.4, 0.5) is 0 Å². The number of fused-ring (bicyclic) bond motifs is 1. The number of rotatable bonds is 0. The summed E-state index contributed by atoms with van der Waals surface area (Å²) < 4.78 is 0. The lowest BCUT2D eigenvalue weighted by atomic mass is 9.54. The Morgan fingerprint density at radius 2 is 2.14 bits per heavy atom. The van der Waals surface area contributed by atoms with Gasteiger partial charge < -0.3 is 5.32 Å². The van der Waals surface area contributed by atoms with Crippen LogP contribution in [-0.4, -0.2) is 11.9 Å². The van der Waals surface area contributed by atoms with E-state index in [0.29, 0.717) is 23.3 Å². The van der Waals surface area contributed by atoms with Crippen LogP contribution in [0.3, 0.4) is 0 Å². The van der Waals surface area contributed by atoms with E-state index in [4.69, 9.17) is 0 Å². The third-order valence-electron chi connectivity index (χ3n) is 5.01. The van der Waals surface area contributed by atoms with Crippen LogP contribution in [0.2, 0.25) is 0 Å². The zero-order valence-electron chi connectivity index (χ0n) is 8.88. The molecule has 0 aromatic heterocycles. The van der Waals surface area contributed by atoms with Gasteiger partial charge in [0.2, 0.25) is 5.91 Å². The quantitative estimate of drug-likeness (QED) is 0.627. The molecule has 78 valence electrons. The molecule has 0 radical (unpaired) electrons. The lowest BCUT2D eigenvalue weighted by Gasteiger charge is -2.55. The monoisotopic (exact) mass is 193 g/mol. The second-order valence-electron chi connectivity index (χ2n) is 5.67. The van der Waals surface area contributed by atoms with Gasteiger partial charge in [-0.25, -0.2) is 0 Å². The topological polar surface area (TPSA) is 29.1 Å². The van der Waals surface area contributed by atoms with Crippen molar-refractivity contribution >= 4 is 5.91 Å². The van der Waals surface area contributed by atoms with Gasteiger partial charge in [-0.2, -0.15) is 0 Å². The van der Waals surface area contributed by atoms with Crippen LogP contribution < -0.4 is 5.32 Å². The molecule has 0 unspecified atom stereocenters. The van der Waals surface area contributed by atoms with Crippen molar-refractivity contribution < 1.29 is 4.79 Å². The molecule has 1 N–H and O–H groups in total. The van der Waals surface area contributed by atoms with Gasteiger partial charge in [0.15, 0.2) is 0 Å². The maximum atomic E-state index is 11.7. The molecule has 0 aromatic rings. The molecule has 2 aliphatic carbocycles. The predicted molar refractivity (Wildman–Crippen MR) is 54.7 cm³/mol. The molecule has 1 amide bonds. The summed E-state index contributed by atoms with van der Waals surface area (Å²) in [5.41, 5.74) is 0.440. The summed E-state index contributed by atoms with van der Waals surface area (Å²) in [5, 5.41) is 3.25. The van der Waals surface area contributed by atoms with Crippen molar-refractivity contribution in [1.82, 2.24) is 5.32 Å². The Labute approximate surface area is 85.4 Å². The van der Waals surface area contributed by atoms with Crippen molar-refractivity contribution in [2.24, 2.45) is 17.3 Å². The first-order valence-corrected chi connectivity index (χ1v) is 6.00. The number of carbonyl (C=O) groups is 1. The molecule has 2 heteroatoms. The highest BCUT2D eigenvalue weighted by Gasteiger charge is 2.52. The molecule has 1 heterocycles. The van der Waals surface area contributed by atoms with Crippen molar-refractivity contribution in [1.29, 1.82) is 0 Å². The van der Waals surface area contributed by atoms with Crippen LogP contribution in [0.15, 0.2) is 0 Å². The Bertz CT molecular complexity index is 275. The molecular weight excluding hydrogens is 174 g/mol. The van der Waals surface area contributed by atoms with Crippen LogP contribution in [0, 0.1) is 17.3 Å². The summed E-state index contributed by atoms with van der Waals surface area (Å²) in [6, 6.07) is 0.491. The SMILES string of the molecule is C[C@]12C[C@@H]3CC[C@H]1CCC[C@H]2NC3=O. The first-order chi connectivity index (χ1) is 6.70. The van der Waals surface area contributed by atoms with Crippen molar-refractivity contribution in [3.8, 4) is 0 Å². The first kappa shape index (κ1) is 8.75. The molecule has 0 spiro atoms. The first-order valence-electron chi connectivity index (χ1n) is 6.00. The molecular formula is C12H19NO. The van der Waals surface area contributed by atoms with E-state index in [2.05, 4.69) is 12.2 Å². The van der Waals surface area contributed by atoms with Crippen molar-refractivity contribution in [3.05, 3.63) is 0 Å². The fraction of sp³-hybridized carbons (Fsp3) is 0.917. The van der Waals surface area contributed by atoms with Crippen LogP contribution in [-0.2, 0) is 4.79 Å². The van der Waals surface area contributed by atoms with Gasteiger partial charge in [0, 0.05) is 12.0 Å². The minimum atomic E-state index is 0.339. The summed E-state index contributed by atoms with van der Waals surface area (Å²) >= 11 is 0. The van der Waals surface area contributed by atoms with E-state index in [1.165, 1.54) is 25.7 Å². The van der Waals surface area contributed by atoms with E-state index >= 15 is 0 Å². The second-order valence-corrected chi connectivity index (χ2v) is 5.67. The molecule has 4 atom stereocenters. The van der Waals surface area contributed by atoms with Gasteiger partial charge in [-0.1, -0.05) is 13.3 Å². The summed E-state index contributed by atoms with van der Waals surface area (Å²) in [6.07, 6.45) is 7.52. The number of hydrogen-bond donors (Lipinski definition) is 1. The Hall–Kier alpha value is -0.530. The lowest BCUT2D eigenvalue weighted by molar-refractivity contribution is -0.140. The molecule has 2 saturated carbocycles. The zero-order valence-corrected chi connectivity index (χ0v) is 8.88. The highest BCUT2D eigenvalue weighted by atomic mass is 16.2. The van der Waals surface area contributed by atoms with E-state index < -0.39 is 0 Å². The Kier molecular flexibility index (Phi) is 1.71.